The lowest BCUT2D eigenvalue weighted by Crippen LogP contribution is -2.99. The number of aliphatic imine (C=N–C) groups is 1. The fourth-order valence-electron chi connectivity index (χ4n) is 3.50. The number of pyridine rings is 1. The summed E-state index contributed by atoms with van der Waals surface area (Å²) in [6, 6.07) is 18.5. The number of halogens is 2. The van der Waals surface area contributed by atoms with Crippen molar-refractivity contribution in [2.45, 2.75) is 6.92 Å². The van der Waals surface area contributed by atoms with Crippen molar-refractivity contribution >= 4 is 51.2 Å². The van der Waals surface area contributed by atoms with Gasteiger partial charge in [0, 0.05) is 23.2 Å². The summed E-state index contributed by atoms with van der Waals surface area (Å²) in [6.07, 6.45) is 0. The minimum Gasteiger partial charge on any atom is -0.595 e. The summed E-state index contributed by atoms with van der Waals surface area (Å²) in [4.78, 5) is 17.9. The van der Waals surface area contributed by atoms with E-state index in [1.807, 2.05) is 18.2 Å². The number of fused-ring (bicyclic) bond motifs is 1. The van der Waals surface area contributed by atoms with Crippen molar-refractivity contribution in [3.8, 4) is 11.4 Å². The summed E-state index contributed by atoms with van der Waals surface area (Å²) in [7, 11) is 0. The summed E-state index contributed by atoms with van der Waals surface area (Å²) < 4.78 is 1.50. The molecule has 4 rings (SSSR count). The SMILES string of the molecule is CC(=Nc1c(Cl)cc([NH+]([O-])O)cc1Cl)c1c(O)c2ccccc2n(-c2ccccc2)c1=O. The van der Waals surface area contributed by atoms with Crippen molar-refractivity contribution in [2.75, 3.05) is 0 Å². The quantitative estimate of drug-likeness (QED) is 0.301. The molecule has 0 aliphatic heterocycles. The molecule has 0 saturated heterocycles. The third kappa shape index (κ3) is 3.88. The topological polar surface area (TPSA) is 102 Å². The van der Waals surface area contributed by atoms with Gasteiger partial charge in [0.15, 0.2) is 5.69 Å². The summed E-state index contributed by atoms with van der Waals surface area (Å²) >= 11 is 12.4. The molecule has 0 radical (unpaired) electrons. The van der Waals surface area contributed by atoms with E-state index in [1.54, 1.807) is 43.3 Å². The van der Waals surface area contributed by atoms with Crippen LogP contribution < -0.4 is 10.8 Å². The molecule has 0 fully saturated rings. The highest BCUT2D eigenvalue weighted by atomic mass is 35.5. The van der Waals surface area contributed by atoms with Crippen LogP contribution in [0.3, 0.4) is 0 Å². The molecular formula is C23H17Cl2N3O4. The zero-order valence-corrected chi connectivity index (χ0v) is 18.2. The third-order valence-electron chi connectivity index (χ3n) is 4.97. The number of rotatable bonds is 4. The molecular weight excluding hydrogens is 453 g/mol. The van der Waals surface area contributed by atoms with Gasteiger partial charge in [-0.25, -0.2) is 10.2 Å². The van der Waals surface area contributed by atoms with Gasteiger partial charge in [-0.3, -0.25) is 9.36 Å². The summed E-state index contributed by atoms with van der Waals surface area (Å²) in [5.74, 6) is -0.214. The van der Waals surface area contributed by atoms with E-state index in [2.05, 4.69) is 4.99 Å². The van der Waals surface area contributed by atoms with Crippen molar-refractivity contribution in [1.29, 1.82) is 0 Å². The third-order valence-corrected chi connectivity index (χ3v) is 5.55. The second kappa shape index (κ2) is 8.74. The zero-order chi connectivity index (χ0) is 23.0. The number of aromatic nitrogens is 1. The van der Waals surface area contributed by atoms with Crippen LogP contribution in [-0.4, -0.2) is 20.6 Å². The molecule has 1 heterocycles. The van der Waals surface area contributed by atoms with Crippen molar-refractivity contribution < 1.29 is 15.5 Å². The normalized spacial score (nSPS) is 12.8. The molecule has 1 unspecified atom stereocenters. The highest BCUT2D eigenvalue weighted by Gasteiger charge is 2.20. The van der Waals surface area contributed by atoms with Crippen LogP contribution in [0.2, 0.25) is 10.0 Å². The van der Waals surface area contributed by atoms with Gasteiger partial charge in [-0.15, -0.1) is 0 Å². The smallest absolute Gasteiger partial charge is 0.268 e. The predicted octanol–water partition coefficient (Wildman–Crippen LogP) is 4.55. The Labute approximate surface area is 192 Å². The number of para-hydroxylation sites is 2. The van der Waals surface area contributed by atoms with E-state index < -0.39 is 10.8 Å². The number of quaternary nitrogens is 1. The van der Waals surface area contributed by atoms with Crippen LogP contribution in [-0.2, 0) is 0 Å². The van der Waals surface area contributed by atoms with Crippen molar-refractivity contribution in [2.24, 2.45) is 4.99 Å². The molecule has 162 valence electrons. The number of benzene rings is 3. The fourth-order valence-corrected chi connectivity index (χ4v) is 4.08. The molecule has 9 heteroatoms. The van der Waals surface area contributed by atoms with Gasteiger partial charge in [0.05, 0.1) is 21.3 Å². The Morgan fingerprint density at radius 2 is 1.62 bits per heavy atom. The van der Waals surface area contributed by atoms with Gasteiger partial charge >= 0.3 is 0 Å². The van der Waals surface area contributed by atoms with Gasteiger partial charge < -0.3 is 10.3 Å². The van der Waals surface area contributed by atoms with Crippen LogP contribution in [0.1, 0.15) is 12.5 Å². The van der Waals surface area contributed by atoms with Gasteiger partial charge in [0.1, 0.15) is 17.0 Å². The molecule has 0 aliphatic carbocycles. The van der Waals surface area contributed by atoms with Crippen LogP contribution in [0.4, 0.5) is 11.4 Å². The lowest BCUT2D eigenvalue weighted by molar-refractivity contribution is -0.991. The van der Waals surface area contributed by atoms with Crippen molar-refractivity contribution in [3.05, 3.63) is 97.9 Å². The number of hydrogen-bond donors (Lipinski definition) is 3. The molecule has 1 atom stereocenters. The molecule has 1 aromatic heterocycles. The molecule has 0 bridgehead atoms. The first-order valence-corrected chi connectivity index (χ1v) is 10.3. The standard InChI is InChI=1S/C23H17Cl2N3O4/c1-13(26-21-17(24)11-15(28(31)32)12-18(21)25)20-22(29)16-9-5-6-10-19(16)27(23(20)30)14-7-3-2-4-8-14/h2-12,28-29,31H,1H3. The van der Waals surface area contributed by atoms with Crippen LogP contribution in [0, 0.1) is 5.21 Å². The Morgan fingerprint density at radius 3 is 2.25 bits per heavy atom. The lowest BCUT2D eigenvalue weighted by atomic mass is 10.1. The summed E-state index contributed by atoms with van der Waals surface area (Å²) in [6.45, 7) is 1.55. The molecule has 0 saturated carbocycles. The number of hydrogen-bond acceptors (Lipinski definition) is 5. The Bertz CT molecular complexity index is 1390. The molecule has 4 aromatic rings. The molecule has 32 heavy (non-hydrogen) atoms. The molecule has 3 N–H and O–H groups in total. The lowest BCUT2D eigenvalue weighted by Gasteiger charge is -2.16. The number of nitrogens with zero attached hydrogens (tertiary/aromatic N) is 2. The Kier molecular flexibility index (Phi) is 6.01. The highest BCUT2D eigenvalue weighted by molar-refractivity contribution is 6.39. The van der Waals surface area contributed by atoms with Crippen LogP contribution in [0.15, 0.2) is 76.5 Å². The van der Waals surface area contributed by atoms with Crippen molar-refractivity contribution in [1.82, 2.24) is 4.57 Å². The van der Waals surface area contributed by atoms with E-state index in [1.165, 1.54) is 16.7 Å². The molecule has 0 spiro atoms. The zero-order valence-electron chi connectivity index (χ0n) is 16.7. The number of nitrogens with one attached hydrogen (secondary N) is 1. The van der Waals surface area contributed by atoms with E-state index in [9.17, 15) is 15.1 Å². The van der Waals surface area contributed by atoms with Gasteiger partial charge in [0.2, 0.25) is 0 Å². The van der Waals surface area contributed by atoms with Crippen LogP contribution in [0.5, 0.6) is 5.75 Å². The van der Waals surface area contributed by atoms with Gasteiger partial charge in [-0.1, -0.05) is 53.5 Å². The van der Waals surface area contributed by atoms with E-state index in [-0.39, 0.29) is 38.4 Å². The molecule has 0 amide bonds. The first kappa shape index (κ1) is 22.0. The van der Waals surface area contributed by atoms with E-state index >= 15 is 0 Å². The highest BCUT2D eigenvalue weighted by Crippen LogP contribution is 2.36. The number of aromatic hydroxyl groups is 1. The fraction of sp³-hybridized carbons (Fsp3) is 0.0435. The predicted molar refractivity (Wildman–Crippen MR) is 125 cm³/mol. The maximum Gasteiger partial charge on any atom is 0.268 e. The summed E-state index contributed by atoms with van der Waals surface area (Å²) in [5, 5.41) is 30.7. The van der Waals surface area contributed by atoms with Gasteiger partial charge in [-0.2, -0.15) is 5.23 Å². The Morgan fingerprint density at radius 1 is 1.03 bits per heavy atom. The first-order valence-electron chi connectivity index (χ1n) is 9.49. The molecule has 3 aromatic carbocycles. The molecule has 7 nitrogen and oxygen atoms in total. The molecule has 0 aliphatic rings. The Hall–Kier alpha value is -3.20. The monoisotopic (exact) mass is 469 g/mol. The van der Waals surface area contributed by atoms with E-state index in [0.717, 1.165) is 0 Å². The maximum absolute atomic E-state index is 13.5. The largest absolute Gasteiger partial charge is 0.595 e. The maximum atomic E-state index is 13.5. The van der Waals surface area contributed by atoms with Gasteiger partial charge in [-0.05, 0) is 31.2 Å². The summed E-state index contributed by atoms with van der Waals surface area (Å²) in [5.41, 5.74) is 0.884. The Balaban J connectivity index is 1.99. The second-order valence-corrected chi connectivity index (χ2v) is 7.82. The average molecular weight is 470 g/mol. The second-order valence-electron chi connectivity index (χ2n) is 7.01. The van der Waals surface area contributed by atoms with Crippen LogP contribution >= 0.6 is 23.2 Å². The minimum absolute atomic E-state index is 0.0120. The van der Waals surface area contributed by atoms with Gasteiger partial charge in [0.25, 0.3) is 5.56 Å². The minimum atomic E-state index is -1.18. The average Bonchev–Trinajstić information content (AvgIpc) is 2.77. The first-order chi connectivity index (χ1) is 15.3. The van der Waals surface area contributed by atoms with Crippen molar-refractivity contribution in [3.63, 3.8) is 0 Å². The van der Waals surface area contributed by atoms with E-state index in [4.69, 9.17) is 28.4 Å². The van der Waals surface area contributed by atoms with E-state index in [0.29, 0.717) is 16.6 Å². The van der Waals surface area contributed by atoms with Crippen LogP contribution in [0.25, 0.3) is 16.6 Å².